The average Bonchev–Trinajstić information content (AvgIpc) is 2.96. The number of aliphatic carboxylic acids is 1. The molecule has 0 spiro atoms. The van der Waals surface area contributed by atoms with E-state index in [1.54, 1.807) is 16.8 Å². The lowest BCUT2D eigenvalue weighted by atomic mass is 9.86. The van der Waals surface area contributed by atoms with Crippen LogP contribution in [0.3, 0.4) is 0 Å². The lowest BCUT2D eigenvalue weighted by Gasteiger charge is -2.27. The Morgan fingerprint density at radius 3 is 2.60 bits per heavy atom. The van der Waals surface area contributed by atoms with Crippen molar-refractivity contribution in [2.75, 3.05) is 13.1 Å². The summed E-state index contributed by atoms with van der Waals surface area (Å²) in [6, 6.07) is 1.72. The zero-order valence-electron chi connectivity index (χ0n) is 10.3. The Morgan fingerprint density at radius 1 is 1.45 bits per heavy atom. The van der Waals surface area contributed by atoms with Gasteiger partial charge in [0.1, 0.15) is 0 Å². The molecular weight excluding hydrogens is 295 g/mol. The van der Waals surface area contributed by atoms with Gasteiger partial charge in [0.2, 0.25) is 5.91 Å². The van der Waals surface area contributed by atoms with E-state index in [2.05, 4.69) is 0 Å². The number of halogens is 3. The SMILES string of the molecule is O=C(Cc1ccsc1)N1CC[C@@](C(=O)O)(C(F)(F)F)C1. The number of carboxylic acid groups (broad SMARTS) is 1. The molecule has 0 bridgehead atoms. The molecule has 0 aromatic carbocycles. The Morgan fingerprint density at radius 2 is 2.15 bits per heavy atom. The summed E-state index contributed by atoms with van der Waals surface area (Å²) in [5, 5.41) is 12.4. The summed E-state index contributed by atoms with van der Waals surface area (Å²) in [7, 11) is 0. The number of likely N-dealkylation sites (tertiary alicyclic amines) is 1. The molecule has 1 fully saturated rings. The molecule has 1 N–H and O–H groups in total. The molecular formula is C12H12F3NO3S. The lowest BCUT2D eigenvalue weighted by molar-refractivity contribution is -0.227. The highest BCUT2D eigenvalue weighted by Gasteiger charge is 2.64. The fourth-order valence-corrected chi connectivity index (χ4v) is 2.90. The molecule has 20 heavy (non-hydrogen) atoms. The van der Waals surface area contributed by atoms with E-state index >= 15 is 0 Å². The van der Waals surface area contributed by atoms with Crippen LogP contribution in [-0.4, -0.2) is 41.1 Å². The van der Waals surface area contributed by atoms with E-state index in [0.717, 1.165) is 10.5 Å². The minimum atomic E-state index is -4.86. The number of alkyl halides is 3. The topological polar surface area (TPSA) is 57.6 Å². The van der Waals surface area contributed by atoms with Gasteiger partial charge < -0.3 is 10.0 Å². The van der Waals surface area contributed by atoms with Gasteiger partial charge in [-0.1, -0.05) is 0 Å². The first kappa shape index (κ1) is 14.8. The van der Waals surface area contributed by atoms with Crippen LogP contribution < -0.4 is 0 Å². The van der Waals surface area contributed by atoms with Crippen LogP contribution in [0.5, 0.6) is 0 Å². The fraction of sp³-hybridized carbons (Fsp3) is 0.500. The lowest BCUT2D eigenvalue weighted by Crippen LogP contribution is -2.47. The molecule has 1 saturated heterocycles. The van der Waals surface area contributed by atoms with Gasteiger partial charge in [0.15, 0.2) is 5.41 Å². The van der Waals surface area contributed by atoms with E-state index in [9.17, 15) is 22.8 Å². The van der Waals surface area contributed by atoms with Crippen molar-refractivity contribution in [1.29, 1.82) is 0 Å². The van der Waals surface area contributed by atoms with Crippen molar-refractivity contribution in [2.24, 2.45) is 5.41 Å². The second kappa shape index (κ2) is 5.08. The zero-order valence-corrected chi connectivity index (χ0v) is 11.1. The van der Waals surface area contributed by atoms with Crippen LogP contribution in [0, 0.1) is 5.41 Å². The van der Waals surface area contributed by atoms with Crippen molar-refractivity contribution < 1.29 is 27.9 Å². The largest absolute Gasteiger partial charge is 0.481 e. The maximum atomic E-state index is 13.0. The molecule has 2 heterocycles. The van der Waals surface area contributed by atoms with Crippen molar-refractivity contribution in [2.45, 2.75) is 19.0 Å². The van der Waals surface area contributed by atoms with Gasteiger partial charge in [-0.3, -0.25) is 9.59 Å². The van der Waals surface area contributed by atoms with E-state index in [-0.39, 0.29) is 13.0 Å². The fourth-order valence-electron chi connectivity index (χ4n) is 2.23. The Kier molecular flexibility index (Phi) is 3.77. The minimum absolute atomic E-state index is 0.00292. The molecule has 1 aromatic rings. The first-order valence-electron chi connectivity index (χ1n) is 5.85. The van der Waals surface area contributed by atoms with Gasteiger partial charge in [0, 0.05) is 13.1 Å². The third-order valence-electron chi connectivity index (χ3n) is 3.51. The molecule has 1 amide bonds. The third kappa shape index (κ3) is 2.52. The summed E-state index contributed by atoms with van der Waals surface area (Å²) in [5.41, 5.74) is -2.11. The average molecular weight is 307 g/mol. The van der Waals surface area contributed by atoms with Crippen molar-refractivity contribution in [3.8, 4) is 0 Å². The van der Waals surface area contributed by atoms with Gasteiger partial charge in [0.05, 0.1) is 6.42 Å². The Hall–Kier alpha value is -1.57. The van der Waals surface area contributed by atoms with Crippen LogP contribution in [0.4, 0.5) is 13.2 Å². The predicted octanol–water partition coefficient (Wildman–Crippen LogP) is 2.16. The smallest absolute Gasteiger partial charge is 0.406 e. The Labute approximate surface area is 116 Å². The minimum Gasteiger partial charge on any atom is -0.481 e. The number of thiophene rings is 1. The van der Waals surface area contributed by atoms with E-state index in [1.807, 2.05) is 0 Å². The second-order valence-electron chi connectivity index (χ2n) is 4.76. The van der Waals surface area contributed by atoms with Crippen LogP contribution in [0.2, 0.25) is 0 Å². The maximum absolute atomic E-state index is 13.0. The second-order valence-corrected chi connectivity index (χ2v) is 5.54. The molecule has 0 radical (unpaired) electrons. The molecule has 4 nitrogen and oxygen atoms in total. The van der Waals surface area contributed by atoms with Crippen LogP contribution in [0.1, 0.15) is 12.0 Å². The first-order chi connectivity index (χ1) is 9.26. The summed E-state index contributed by atoms with van der Waals surface area (Å²) >= 11 is 1.39. The van der Waals surface area contributed by atoms with Crippen molar-refractivity contribution in [3.63, 3.8) is 0 Å². The molecule has 1 aliphatic heterocycles. The molecule has 1 aliphatic rings. The molecule has 0 unspecified atom stereocenters. The van der Waals surface area contributed by atoms with E-state index in [4.69, 9.17) is 5.11 Å². The van der Waals surface area contributed by atoms with Gasteiger partial charge in [-0.05, 0) is 28.8 Å². The number of carboxylic acids is 1. The predicted molar refractivity (Wildman–Crippen MR) is 65.3 cm³/mol. The van der Waals surface area contributed by atoms with E-state index < -0.39 is 36.4 Å². The highest BCUT2D eigenvalue weighted by Crippen LogP contribution is 2.45. The standard InChI is InChI=1S/C12H12F3NO3S/c13-12(14,15)11(10(18)19)2-3-16(7-11)9(17)5-8-1-4-20-6-8/h1,4,6H,2-3,5,7H2,(H,18,19)/t11-/m1/s1. The highest BCUT2D eigenvalue weighted by atomic mass is 32.1. The summed E-state index contributed by atoms with van der Waals surface area (Å²) in [6.45, 7) is -0.996. The van der Waals surface area contributed by atoms with Crippen LogP contribution in [0.15, 0.2) is 16.8 Å². The summed E-state index contributed by atoms with van der Waals surface area (Å²) in [5.74, 6) is -2.40. The number of hydrogen-bond acceptors (Lipinski definition) is 3. The van der Waals surface area contributed by atoms with Crippen molar-refractivity contribution >= 4 is 23.2 Å². The van der Waals surface area contributed by atoms with E-state index in [0.29, 0.717) is 0 Å². The zero-order chi connectivity index (χ0) is 15.0. The molecule has 1 atom stereocenters. The van der Waals surface area contributed by atoms with Gasteiger partial charge in [-0.15, -0.1) is 0 Å². The summed E-state index contributed by atoms with van der Waals surface area (Å²) < 4.78 is 38.9. The van der Waals surface area contributed by atoms with Gasteiger partial charge in [-0.25, -0.2) is 0 Å². The molecule has 0 aliphatic carbocycles. The Balaban J connectivity index is 2.11. The number of amides is 1. The van der Waals surface area contributed by atoms with Crippen LogP contribution in [0.25, 0.3) is 0 Å². The first-order valence-corrected chi connectivity index (χ1v) is 6.79. The number of rotatable bonds is 3. The normalized spacial score (nSPS) is 23.1. The molecule has 0 saturated carbocycles. The Bertz CT molecular complexity index is 515. The van der Waals surface area contributed by atoms with Crippen LogP contribution in [-0.2, 0) is 16.0 Å². The molecule has 2 rings (SSSR count). The number of hydrogen-bond donors (Lipinski definition) is 1. The maximum Gasteiger partial charge on any atom is 0.406 e. The van der Waals surface area contributed by atoms with Crippen LogP contribution >= 0.6 is 11.3 Å². The van der Waals surface area contributed by atoms with Crippen molar-refractivity contribution in [3.05, 3.63) is 22.4 Å². The summed E-state index contributed by atoms with van der Waals surface area (Å²) in [6.07, 6.45) is -5.46. The number of carbonyl (C=O) groups excluding carboxylic acids is 1. The molecule has 110 valence electrons. The van der Waals surface area contributed by atoms with Crippen molar-refractivity contribution in [1.82, 2.24) is 4.90 Å². The van der Waals surface area contributed by atoms with E-state index in [1.165, 1.54) is 11.3 Å². The number of nitrogens with zero attached hydrogens (tertiary/aromatic N) is 1. The molecule has 1 aromatic heterocycles. The highest BCUT2D eigenvalue weighted by molar-refractivity contribution is 7.07. The van der Waals surface area contributed by atoms with Gasteiger partial charge in [-0.2, -0.15) is 24.5 Å². The third-order valence-corrected chi connectivity index (χ3v) is 4.24. The quantitative estimate of drug-likeness (QED) is 0.931. The monoisotopic (exact) mass is 307 g/mol. The van der Waals surface area contributed by atoms with Gasteiger partial charge in [0.25, 0.3) is 0 Å². The summed E-state index contributed by atoms with van der Waals surface area (Å²) in [4.78, 5) is 23.9. The number of carbonyl (C=O) groups is 2. The van der Waals surface area contributed by atoms with Gasteiger partial charge >= 0.3 is 12.1 Å². The molecule has 8 heteroatoms.